The van der Waals surface area contributed by atoms with Crippen molar-refractivity contribution in [1.82, 2.24) is 9.55 Å². The van der Waals surface area contributed by atoms with Crippen LogP contribution in [0.1, 0.15) is 0 Å². The van der Waals surface area contributed by atoms with Crippen LogP contribution < -0.4 is 0 Å². The van der Waals surface area contributed by atoms with Crippen molar-refractivity contribution < 1.29 is 5.11 Å². The van der Waals surface area contributed by atoms with Crippen LogP contribution in [0.3, 0.4) is 0 Å². The number of aliphatic hydroxyl groups is 1. The number of halogens is 1. The van der Waals surface area contributed by atoms with E-state index in [2.05, 4.69) is 20.9 Å². The number of aromatic nitrogens is 2. The maximum Gasteiger partial charge on any atom is 0.172 e. The maximum absolute atomic E-state index is 8.81. The fourth-order valence-electron chi connectivity index (χ4n) is 1.36. The largest absolute Gasteiger partial charge is 0.396 e. The molecule has 2 rings (SSSR count). The van der Waals surface area contributed by atoms with Gasteiger partial charge in [-0.2, -0.15) is 0 Å². The Bertz CT molecular complexity index is 473. The summed E-state index contributed by atoms with van der Waals surface area (Å²) in [6, 6.07) is 8.03. The van der Waals surface area contributed by atoms with E-state index in [1.807, 2.05) is 35.0 Å². The molecule has 1 heterocycles. The molecule has 3 nitrogen and oxygen atoms in total. The number of rotatable bonds is 4. The van der Waals surface area contributed by atoms with Gasteiger partial charge in [0.25, 0.3) is 0 Å². The molecule has 0 radical (unpaired) electrons. The molecular weight excluding hydrogens is 288 g/mol. The quantitative estimate of drug-likeness (QED) is 0.882. The van der Waals surface area contributed by atoms with Gasteiger partial charge in [-0.25, -0.2) is 4.98 Å². The molecule has 84 valence electrons. The SMILES string of the molecule is OCCSc1nccn1-c1cccc(Br)c1. The van der Waals surface area contributed by atoms with Gasteiger partial charge in [0.05, 0.1) is 6.61 Å². The smallest absolute Gasteiger partial charge is 0.172 e. The van der Waals surface area contributed by atoms with Crippen molar-refractivity contribution in [3.8, 4) is 5.69 Å². The van der Waals surface area contributed by atoms with Crippen molar-refractivity contribution in [2.24, 2.45) is 0 Å². The third-order valence-electron chi connectivity index (χ3n) is 2.02. The second-order valence-corrected chi connectivity index (χ2v) is 5.11. The molecule has 1 aromatic heterocycles. The van der Waals surface area contributed by atoms with Crippen LogP contribution in [0.5, 0.6) is 0 Å². The number of nitrogens with zero attached hydrogens (tertiary/aromatic N) is 2. The highest BCUT2D eigenvalue weighted by Gasteiger charge is 2.05. The van der Waals surface area contributed by atoms with E-state index in [1.54, 1.807) is 18.0 Å². The Morgan fingerprint density at radius 3 is 3.06 bits per heavy atom. The van der Waals surface area contributed by atoms with E-state index in [4.69, 9.17) is 5.11 Å². The van der Waals surface area contributed by atoms with Crippen LogP contribution in [0.2, 0.25) is 0 Å². The van der Waals surface area contributed by atoms with E-state index >= 15 is 0 Å². The van der Waals surface area contributed by atoms with Crippen molar-refractivity contribution in [2.45, 2.75) is 5.16 Å². The zero-order valence-electron chi connectivity index (χ0n) is 8.51. The number of thioether (sulfide) groups is 1. The van der Waals surface area contributed by atoms with Crippen LogP contribution in [0.25, 0.3) is 5.69 Å². The summed E-state index contributed by atoms with van der Waals surface area (Å²) < 4.78 is 3.04. The molecule has 0 spiro atoms. The molecule has 0 bridgehead atoms. The molecule has 0 atom stereocenters. The molecule has 1 aromatic carbocycles. The molecule has 5 heteroatoms. The lowest BCUT2D eigenvalue weighted by atomic mass is 10.3. The number of hydrogen-bond acceptors (Lipinski definition) is 3. The van der Waals surface area contributed by atoms with Crippen molar-refractivity contribution >= 4 is 27.7 Å². The van der Waals surface area contributed by atoms with E-state index in [0.717, 1.165) is 15.3 Å². The van der Waals surface area contributed by atoms with Crippen LogP contribution >= 0.6 is 27.7 Å². The van der Waals surface area contributed by atoms with Crippen LogP contribution in [-0.4, -0.2) is 27.0 Å². The van der Waals surface area contributed by atoms with Crippen molar-refractivity contribution in [3.05, 3.63) is 41.1 Å². The van der Waals surface area contributed by atoms with Gasteiger partial charge in [0, 0.05) is 28.3 Å². The van der Waals surface area contributed by atoms with Crippen molar-refractivity contribution in [1.29, 1.82) is 0 Å². The minimum atomic E-state index is 0.163. The summed E-state index contributed by atoms with van der Waals surface area (Å²) in [6.45, 7) is 0.163. The van der Waals surface area contributed by atoms with Gasteiger partial charge in [-0.1, -0.05) is 33.8 Å². The van der Waals surface area contributed by atoms with E-state index < -0.39 is 0 Å². The minimum Gasteiger partial charge on any atom is -0.396 e. The Balaban J connectivity index is 2.29. The molecule has 0 amide bonds. The first-order valence-electron chi connectivity index (χ1n) is 4.84. The van der Waals surface area contributed by atoms with E-state index in [1.165, 1.54) is 0 Å². The molecule has 0 aliphatic carbocycles. The molecule has 16 heavy (non-hydrogen) atoms. The lowest BCUT2D eigenvalue weighted by Gasteiger charge is -2.07. The highest BCUT2D eigenvalue weighted by atomic mass is 79.9. The molecule has 0 unspecified atom stereocenters. The summed E-state index contributed by atoms with van der Waals surface area (Å²) in [5.41, 5.74) is 1.06. The lowest BCUT2D eigenvalue weighted by molar-refractivity contribution is 0.322. The van der Waals surface area contributed by atoms with Crippen LogP contribution in [-0.2, 0) is 0 Å². The summed E-state index contributed by atoms with van der Waals surface area (Å²) in [5.74, 6) is 0.658. The maximum atomic E-state index is 8.81. The first-order chi connectivity index (χ1) is 7.81. The highest BCUT2D eigenvalue weighted by Crippen LogP contribution is 2.22. The molecule has 2 aromatic rings. The monoisotopic (exact) mass is 298 g/mol. The van der Waals surface area contributed by atoms with Gasteiger partial charge in [-0.15, -0.1) is 0 Å². The second-order valence-electron chi connectivity index (χ2n) is 3.13. The molecule has 0 saturated carbocycles. The highest BCUT2D eigenvalue weighted by molar-refractivity contribution is 9.10. The van der Waals surface area contributed by atoms with Crippen LogP contribution in [0, 0.1) is 0 Å². The fraction of sp³-hybridized carbons (Fsp3) is 0.182. The summed E-state index contributed by atoms with van der Waals surface area (Å²) in [7, 11) is 0. The Kier molecular flexibility index (Phi) is 4.04. The Morgan fingerprint density at radius 2 is 2.31 bits per heavy atom. The first kappa shape index (κ1) is 11.7. The topological polar surface area (TPSA) is 38.1 Å². The van der Waals surface area contributed by atoms with Gasteiger partial charge in [0.1, 0.15) is 0 Å². The van der Waals surface area contributed by atoms with E-state index in [9.17, 15) is 0 Å². The van der Waals surface area contributed by atoms with Crippen LogP contribution in [0.4, 0.5) is 0 Å². The molecule has 0 saturated heterocycles. The van der Waals surface area contributed by atoms with Gasteiger partial charge in [-0.05, 0) is 18.2 Å². The number of hydrogen-bond donors (Lipinski definition) is 1. The van der Waals surface area contributed by atoms with E-state index in [-0.39, 0.29) is 6.61 Å². The summed E-state index contributed by atoms with van der Waals surface area (Å²) in [6.07, 6.45) is 3.68. The normalized spacial score (nSPS) is 10.6. The molecule has 0 fully saturated rings. The number of benzene rings is 1. The Hall–Kier alpha value is -0.780. The molecule has 1 N–H and O–H groups in total. The predicted molar refractivity (Wildman–Crippen MR) is 69.1 cm³/mol. The molecular formula is C11H11BrN2OS. The van der Waals surface area contributed by atoms with E-state index in [0.29, 0.717) is 5.75 Å². The summed E-state index contributed by atoms with van der Waals surface area (Å²) in [5, 5.41) is 9.70. The van der Waals surface area contributed by atoms with Crippen LogP contribution in [0.15, 0.2) is 46.3 Å². The van der Waals surface area contributed by atoms with Gasteiger partial charge in [0.15, 0.2) is 5.16 Å². The molecule has 0 aliphatic rings. The van der Waals surface area contributed by atoms with Gasteiger partial charge >= 0.3 is 0 Å². The third-order valence-corrected chi connectivity index (χ3v) is 3.46. The average molecular weight is 299 g/mol. The average Bonchev–Trinajstić information content (AvgIpc) is 2.74. The minimum absolute atomic E-state index is 0.163. The number of imidazole rings is 1. The third kappa shape index (κ3) is 2.66. The van der Waals surface area contributed by atoms with Gasteiger partial charge in [-0.3, -0.25) is 4.57 Å². The van der Waals surface area contributed by atoms with Gasteiger partial charge in [0.2, 0.25) is 0 Å². The van der Waals surface area contributed by atoms with Crippen molar-refractivity contribution in [2.75, 3.05) is 12.4 Å². The molecule has 0 aliphatic heterocycles. The zero-order valence-corrected chi connectivity index (χ0v) is 10.9. The Labute approximate surface area is 107 Å². The summed E-state index contributed by atoms with van der Waals surface area (Å²) in [4.78, 5) is 4.26. The fourth-order valence-corrected chi connectivity index (χ4v) is 2.46. The summed E-state index contributed by atoms with van der Waals surface area (Å²) >= 11 is 4.99. The van der Waals surface area contributed by atoms with Crippen molar-refractivity contribution in [3.63, 3.8) is 0 Å². The first-order valence-corrected chi connectivity index (χ1v) is 6.62. The predicted octanol–water partition coefficient (Wildman–Crippen LogP) is 2.72. The number of aliphatic hydroxyl groups excluding tert-OH is 1. The van der Waals surface area contributed by atoms with Gasteiger partial charge < -0.3 is 5.11 Å². The lowest BCUT2D eigenvalue weighted by Crippen LogP contribution is -1.96. The zero-order chi connectivity index (χ0) is 11.4. The Morgan fingerprint density at radius 1 is 1.44 bits per heavy atom. The standard InChI is InChI=1S/C11H11BrN2OS/c12-9-2-1-3-10(8-9)14-5-4-13-11(14)16-7-6-15/h1-5,8,15H,6-7H2. The second kappa shape index (κ2) is 5.52.